The zero-order chi connectivity index (χ0) is 18.5. The number of unbranched alkanes of at least 4 members (excludes halogenated alkanes) is 1. The first-order valence-corrected chi connectivity index (χ1v) is 9.88. The predicted molar refractivity (Wildman–Crippen MR) is 111 cm³/mol. The van der Waals surface area contributed by atoms with Gasteiger partial charge in [0.15, 0.2) is 0 Å². The molecular formula is C24H33NO. The fourth-order valence-electron chi connectivity index (χ4n) is 3.17. The number of benzene rings is 2. The molecule has 0 aliphatic carbocycles. The van der Waals surface area contributed by atoms with Crippen molar-refractivity contribution in [3.63, 3.8) is 0 Å². The maximum atomic E-state index is 6.14. The van der Waals surface area contributed by atoms with E-state index in [-0.39, 0.29) is 0 Å². The first kappa shape index (κ1) is 20.4. The van der Waals surface area contributed by atoms with Crippen LogP contribution >= 0.6 is 0 Å². The molecule has 0 aliphatic rings. The topological polar surface area (TPSA) is 12.5 Å². The van der Waals surface area contributed by atoms with Crippen molar-refractivity contribution in [2.75, 3.05) is 6.61 Å². The Bertz CT molecular complexity index is 555. The van der Waals surface area contributed by atoms with E-state index < -0.39 is 0 Å². The molecule has 0 saturated carbocycles. The number of nitrogens with zero attached hydrogens (tertiary/aromatic N) is 1. The molecule has 0 aliphatic heterocycles. The van der Waals surface area contributed by atoms with E-state index in [4.69, 9.17) is 4.84 Å². The maximum absolute atomic E-state index is 6.14. The third kappa shape index (κ3) is 7.99. The summed E-state index contributed by atoms with van der Waals surface area (Å²) in [6, 6.07) is 21.1. The van der Waals surface area contributed by atoms with Gasteiger partial charge in [0, 0.05) is 13.1 Å². The van der Waals surface area contributed by atoms with E-state index in [2.05, 4.69) is 79.2 Å². The van der Waals surface area contributed by atoms with Crippen LogP contribution in [0.3, 0.4) is 0 Å². The molecule has 2 rings (SSSR count). The minimum absolute atomic E-state index is 0.775. The van der Waals surface area contributed by atoms with Gasteiger partial charge in [-0.25, -0.2) is 0 Å². The number of hydrogen-bond acceptors (Lipinski definition) is 2. The van der Waals surface area contributed by atoms with Crippen LogP contribution in [0, 0.1) is 5.92 Å². The summed E-state index contributed by atoms with van der Waals surface area (Å²) in [5.41, 5.74) is 2.56. The van der Waals surface area contributed by atoms with E-state index in [0.717, 1.165) is 38.5 Å². The Morgan fingerprint density at radius 3 is 2.00 bits per heavy atom. The SMILES string of the molecule is C=CCC(CC)CCCCON(Cc1ccccc1)Cc1ccccc1. The summed E-state index contributed by atoms with van der Waals surface area (Å²) in [7, 11) is 0. The number of hydroxylamine groups is 2. The molecule has 0 radical (unpaired) electrons. The van der Waals surface area contributed by atoms with Crippen LogP contribution in [0.25, 0.3) is 0 Å². The summed E-state index contributed by atoms with van der Waals surface area (Å²) >= 11 is 0. The van der Waals surface area contributed by atoms with E-state index >= 15 is 0 Å². The van der Waals surface area contributed by atoms with Crippen LogP contribution in [-0.2, 0) is 17.9 Å². The molecule has 0 saturated heterocycles. The molecule has 2 aromatic carbocycles. The van der Waals surface area contributed by atoms with Gasteiger partial charge in [0.1, 0.15) is 0 Å². The van der Waals surface area contributed by atoms with Crippen LogP contribution in [0.5, 0.6) is 0 Å². The second-order valence-corrected chi connectivity index (χ2v) is 6.90. The molecule has 0 amide bonds. The van der Waals surface area contributed by atoms with Gasteiger partial charge in [0.05, 0.1) is 6.61 Å². The Morgan fingerprint density at radius 1 is 0.923 bits per heavy atom. The molecule has 1 unspecified atom stereocenters. The van der Waals surface area contributed by atoms with Gasteiger partial charge in [-0.1, -0.05) is 92.9 Å². The van der Waals surface area contributed by atoms with Crippen LogP contribution in [0.4, 0.5) is 0 Å². The summed E-state index contributed by atoms with van der Waals surface area (Å²) < 4.78 is 0. The minimum Gasteiger partial charge on any atom is -0.298 e. The maximum Gasteiger partial charge on any atom is 0.0685 e. The largest absolute Gasteiger partial charge is 0.298 e. The first-order chi connectivity index (χ1) is 12.8. The molecule has 140 valence electrons. The Labute approximate surface area is 159 Å². The van der Waals surface area contributed by atoms with Gasteiger partial charge in [-0.3, -0.25) is 4.84 Å². The number of rotatable bonds is 13. The molecule has 2 heteroatoms. The van der Waals surface area contributed by atoms with E-state index in [0.29, 0.717) is 0 Å². The molecule has 0 fully saturated rings. The molecule has 0 aromatic heterocycles. The Morgan fingerprint density at radius 2 is 1.50 bits per heavy atom. The quantitative estimate of drug-likeness (QED) is 0.235. The van der Waals surface area contributed by atoms with E-state index in [1.165, 1.54) is 30.4 Å². The lowest BCUT2D eigenvalue weighted by molar-refractivity contribution is -0.175. The summed E-state index contributed by atoms with van der Waals surface area (Å²) in [6.45, 7) is 8.53. The average molecular weight is 352 g/mol. The molecule has 0 spiro atoms. The van der Waals surface area contributed by atoms with Crippen molar-refractivity contribution in [3.05, 3.63) is 84.4 Å². The summed E-state index contributed by atoms with van der Waals surface area (Å²) in [4.78, 5) is 6.14. The van der Waals surface area contributed by atoms with E-state index in [1.54, 1.807) is 0 Å². The van der Waals surface area contributed by atoms with Crippen molar-refractivity contribution < 1.29 is 4.84 Å². The van der Waals surface area contributed by atoms with Gasteiger partial charge in [0.25, 0.3) is 0 Å². The second kappa shape index (κ2) is 12.5. The molecule has 0 N–H and O–H groups in total. The summed E-state index contributed by atoms with van der Waals surface area (Å²) in [5.74, 6) is 0.775. The van der Waals surface area contributed by atoms with Crippen LogP contribution in [0.1, 0.15) is 50.2 Å². The molecule has 1 atom stereocenters. The predicted octanol–water partition coefficient (Wildman–Crippen LogP) is 6.39. The minimum atomic E-state index is 0.775. The Hall–Kier alpha value is -1.90. The normalized spacial score (nSPS) is 12.2. The highest BCUT2D eigenvalue weighted by Gasteiger charge is 2.09. The zero-order valence-electron chi connectivity index (χ0n) is 16.1. The van der Waals surface area contributed by atoms with Crippen molar-refractivity contribution in [3.8, 4) is 0 Å². The fourth-order valence-corrected chi connectivity index (χ4v) is 3.17. The number of allylic oxidation sites excluding steroid dienone is 1. The lowest BCUT2D eigenvalue weighted by Gasteiger charge is -2.22. The number of hydrogen-bond donors (Lipinski definition) is 0. The van der Waals surface area contributed by atoms with Gasteiger partial charge in [-0.05, 0) is 29.9 Å². The van der Waals surface area contributed by atoms with Crippen LogP contribution < -0.4 is 0 Å². The van der Waals surface area contributed by atoms with Crippen molar-refractivity contribution >= 4 is 0 Å². The highest BCUT2D eigenvalue weighted by Crippen LogP contribution is 2.17. The molecule has 0 heterocycles. The highest BCUT2D eigenvalue weighted by molar-refractivity contribution is 5.16. The monoisotopic (exact) mass is 351 g/mol. The molecule has 2 aromatic rings. The first-order valence-electron chi connectivity index (χ1n) is 9.88. The molecule has 26 heavy (non-hydrogen) atoms. The van der Waals surface area contributed by atoms with Crippen LogP contribution in [0.2, 0.25) is 0 Å². The lowest BCUT2D eigenvalue weighted by atomic mass is 9.96. The summed E-state index contributed by atoms with van der Waals surface area (Å²) in [5, 5.41) is 2.09. The average Bonchev–Trinajstić information content (AvgIpc) is 2.68. The van der Waals surface area contributed by atoms with Gasteiger partial charge in [-0.2, -0.15) is 5.06 Å². The van der Waals surface area contributed by atoms with Gasteiger partial charge in [-0.15, -0.1) is 6.58 Å². The molecule has 0 bridgehead atoms. The fraction of sp³-hybridized carbons (Fsp3) is 0.417. The van der Waals surface area contributed by atoms with Crippen molar-refractivity contribution in [2.24, 2.45) is 5.92 Å². The van der Waals surface area contributed by atoms with Gasteiger partial charge >= 0.3 is 0 Å². The standard InChI is InChI=1S/C24H33NO/c1-3-13-22(4-2)14-11-12-19-26-25(20-23-15-7-5-8-16-23)21-24-17-9-6-10-18-24/h3,5-10,15-18,22H,1,4,11-14,19-21H2,2H3. The van der Waals surface area contributed by atoms with Crippen LogP contribution in [-0.4, -0.2) is 11.7 Å². The van der Waals surface area contributed by atoms with Crippen molar-refractivity contribution in [1.29, 1.82) is 0 Å². The zero-order valence-corrected chi connectivity index (χ0v) is 16.1. The third-order valence-electron chi connectivity index (χ3n) is 4.76. The second-order valence-electron chi connectivity index (χ2n) is 6.90. The smallest absolute Gasteiger partial charge is 0.0685 e. The lowest BCUT2D eigenvalue weighted by Crippen LogP contribution is -2.24. The van der Waals surface area contributed by atoms with Gasteiger partial charge in [0.2, 0.25) is 0 Å². The summed E-state index contributed by atoms with van der Waals surface area (Å²) in [6.07, 6.45) is 8.01. The molecular weight excluding hydrogens is 318 g/mol. The van der Waals surface area contributed by atoms with Gasteiger partial charge < -0.3 is 0 Å². The third-order valence-corrected chi connectivity index (χ3v) is 4.76. The van der Waals surface area contributed by atoms with E-state index in [1.807, 2.05) is 6.08 Å². The van der Waals surface area contributed by atoms with Crippen molar-refractivity contribution in [2.45, 2.75) is 52.1 Å². The van der Waals surface area contributed by atoms with Crippen molar-refractivity contribution in [1.82, 2.24) is 5.06 Å². The van der Waals surface area contributed by atoms with E-state index in [9.17, 15) is 0 Å². The Kier molecular flexibility index (Phi) is 9.78. The molecule has 2 nitrogen and oxygen atoms in total. The Balaban J connectivity index is 1.80. The highest BCUT2D eigenvalue weighted by atomic mass is 16.7. The van der Waals surface area contributed by atoms with Crippen LogP contribution in [0.15, 0.2) is 73.3 Å².